The number of aliphatic hydroxyl groups is 1. The number of fused-ring (bicyclic) bond motifs is 1. The second-order valence-electron chi connectivity index (χ2n) is 11.7. The molecule has 3 aliphatic rings. The Morgan fingerprint density at radius 1 is 1.00 bits per heavy atom. The highest BCUT2D eigenvalue weighted by molar-refractivity contribution is 6.35. The monoisotopic (exact) mass is 626 g/mol. The lowest BCUT2D eigenvalue weighted by Gasteiger charge is -2.37. The molecule has 3 saturated heterocycles. The Hall–Kier alpha value is -3.02. The average Bonchev–Trinajstić information content (AvgIpc) is 3.37. The van der Waals surface area contributed by atoms with Gasteiger partial charge in [-0.05, 0) is 68.1 Å². The number of likely N-dealkylation sites (tertiary alicyclic amines) is 1. The topological polar surface area (TPSA) is 104 Å². The summed E-state index contributed by atoms with van der Waals surface area (Å²) in [5, 5.41) is 11.1. The number of hydrogen-bond acceptors (Lipinski definition) is 10. The minimum absolute atomic E-state index is 0.146. The molecule has 0 saturated carbocycles. The fourth-order valence-corrected chi connectivity index (χ4v) is 6.85. The predicted octanol–water partition coefficient (Wildman–Crippen LogP) is 4.67. The highest BCUT2D eigenvalue weighted by Crippen LogP contribution is 2.31. The molecule has 1 N–H and O–H groups in total. The van der Waals surface area contributed by atoms with E-state index in [9.17, 15) is 9.90 Å². The number of carbonyl (C=O) groups excluding carboxylic acids is 1. The number of hydrogen-bond donors (Lipinski definition) is 1. The van der Waals surface area contributed by atoms with Gasteiger partial charge in [-0.15, -0.1) is 0 Å². The molecule has 2 aromatic heterocycles. The Labute approximate surface area is 261 Å². The Morgan fingerprint density at radius 2 is 1.74 bits per heavy atom. The zero-order chi connectivity index (χ0) is 29.9. The predicted molar refractivity (Wildman–Crippen MR) is 165 cm³/mol. The van der Waals surface area contributed by atoms with Gasteiger partial charge in [-0.25, -0.2) is 15.0 Å². The highest BCUT2D eigenvalue weighted by Gasteiger charge is 2.36. The van der Waals surface area contributed by atoms with Crippen molar-refractivity contribution in [2.75, 3.05) is 51.3 Å². The van der Waals surface area contributed by atoms with Gasteiger partial charge >= 0.3 is 5.97 Å². The lowest BCUT2D eigenvalue weighted by Crippen LogP contribution is -2.50. The standard InChI is InChI=1S/C31H36Cl2N6O4/c1-42-30(41)10-20-2-4-37(5-3-20)17-21-8-28(22-11-23(32)13-24(33)12-22)36-29(9-21)43-27-15-34-31(35-16-27)39-7-6-38-19-26(40)14-25(38)18-39/h8-9,11-13,15-16,20,25-26,40H,2-7,10,14,17-19H2,1H3/t25-,26+/m0/s1. The van der Waals surface area contributed by atoms with Gasteiger partial charge in [-0.3, -0.25) is 14.6 Å². The minimum Gasteiger partial charge on any atom is -0.469 e. The van der Waals surface area contributed by atoms with Gasteiger partial charge in [-0.1, -0.05) is 23.2 Å². The smallest absolute Gasteiger partial charge is 0.305 e. The average molecular weight is 628 g/mol. The number of esters is 1. The quantitative estimate of drug-likeness (QED) is 0.355. The van der Waals surface area contributed by atoms with Crippen LogP contribution in [-0.2, 0) is 16.1 Å². The summed E-state index contributed by atoms with van der Waals surface area (Å²) >= 11 is 12.6. The molecule has 0 amide bonds. The highest BCUT2D eigenvalue weighted by atomic mass is 35.5. The van der Waals surface area contributed by atoms with E-state index in [-0.39, 0.29) is 12.1 Å². The minimum atomic E-state index is -0.254. The van der Waals surface area contributed by atoms with E-state index < -0.39 is 0 Å². The molecule has 6 rings (SSSR count). The van der Waals surface area contributed by atoms with E-state index in [0.29, 0.717) is 58.2 Å². The summed E-state index contributed by atoms with van der Waals surface area (Å²) in [6.07, 6.45) is 6.24. The lowest BCUT2D eigenvalue weighted by atomic mass is 9.93. The van der Waals surface area contributed by atoms with Gasteiger partial charge in [0.15, 0.2) is 5.75 Å². The van der Waals surface area contributed by atoms with E-state index in [1.165, 1.54) is 7.11 Å². The van der Waals surface area contributed by atoms with Crippen molar-refractivity contribution in [2.45, 2.75) is 44.4 Å². The number of benzene rings is 1. The molecule has 43 heavy (non-hydrogen) atoms. The van der Waals surface area contributed by atoms with Crippen LogP contribution < -0.4 is 9.64 Å². The van der Waals surface area contributed by atoms with Crippen LogP contribution in [-0.4, -0.2) is 94.4 Å². The van der Waals surface area contributed by atoms with Crippen molar-refractivity contribution in [1.29, 1.82) is 0 Å². The Kier molecular flexibility index (Phi) is 9.30. The summed E-state index contributed by atoms with van der Waals surface area (Å²) < 4.78 is 11.0. The first-order valence-electron chi connectivity index (χ1n) is 14.7. The number of pyridine rings is 1. The summed E-state index contributed by atoms with van der Waals surface area (Å²) in [6.45, 7) is 5.74. The summed E-state index contributed by atoms with van der Waals surface area (Å²) in [7, 11) is 1.44. The van der Waals surface area contributed by atoms with E-state index in [2.05, 4.69) is 24.7 Å². The number of piperazine rings is 1. The van der Waals surface area contributed by atoms with Gasteiger partial charge in [0.05, 0.1) is 31.3 Å². The van der Waals surface area contributed by atoms with Crippen LogP contribution >= 0.6 is 23.2 Å². The van der Waals surface area contributed by atoms with Crippen molar-refractivity contribution in [1.82, 2.24) is 24.8 Å². The number of anilines is 1. The third-order valence-electron chi connectivity index (χ3n) is 8.53. The fraction of sp³-hybridized carbons (Fsp3) is 0.484. The first kappa shape index (κ1) is 30.0. The maximum atomic E-state index is 11.7. The SMILES string of the molecule is COC(=O)CC1CCN(Cc2cc(Oc3cnc(N4CCN5C[C@H](O)C[C@H]5C4)nc3)nc(-c3cc(Cl)cc(Cl)c3)c2)CC1. The van der Waals surface area contributed by atoms with Crippen molar-refractivity contribution in [3.63, 3.8) is 0 Å². The van der Waals surface area contributed by atoms with Gasteiger partial charge in [0.2, 0.25) is 11.8 Å². The molecule has 0 bridgehead atoms. The van der Waals surface area contributed by atoms with E-state index in [1.807, 2.05) is 24.3 Å². The van der Waals surface area contributed by atoms with Crippen LogP contribution in [0.3, 0.4) is 0 Å². The number of piperidine rings is 1. The second kappa shape index (κ2) is 13.3. The molecule has 0 spiro atoms. The van der Waals surface area contributed by atoms with Crippen LogP contribution in [0.1, 0.15) is 31.2 Å². The third-order valence-corrected chi connectivity index (χ3v) is 8.97. The number of nitrogens with zero attached hydrogens (tertiary/aromatic N) is 6. The molecule has 12 heteroatoms. The molecule has 3 aromatic rings. The van der Waals surface area contributed by atoms with Crippen molar-refractivity contribution in [2.24, 2.45) is 5.92 Å². The number of aromatic nitrogens is 3. The van der Waals surface area contributed by atoms with Crippen molar-refractivity contribution in [3.05, 3.63) is 58.3 Å². The number of carbonyl (C=O) groups is 1. The number of halogens is 2. The Morgan fingerprint density at radius 3 is 2.47 bits per heavy atom. The summed E-state index contributed by atoms with van der Waals surface area (Å²) in [6, 6.07) is 9.67. The molecule has 0 aliphatic carbocycles. The summed E-state index contributed by atoms with van der Waals surface area (Å²) in [5.74, 6) is 1.77. The van der Waals surface area contributed by atoms with E-state index >= 15 is 0 Å². The fourth-order valence-electron chi connectivity index (χ4n) is 6.32. The number of methoxy groups -OCH3 is 1. The van der Waals surface area contributed by atoms with Gasteiger partial charge < -0.3 is 19.5 Å². The molecule has 1 aromatic carbocycles. The summed E-state index contributed by atoms with van der Waals surface area (Å²) in [4.78, 5) is 32.6. The first-order valence-corrected chi connectivity index (χ1v) is 15.5. The van der Waals surface area contributed by atoms with Crippen LogP contribution in [0.15, 0.2) is 42.7 Å². The van der Waals surface area contributed by atoms with E-state index in [0.717, 1.165) is 69.7 Å². The van der Waals surface area contributed by atoms with Crippen LogP contribution in [0.4, 0.5) is 5.95 Å². The normalized spacial score (nSPS) is 21.5. The first-order chi connectivity index (χ1) is 20.8. The molecule has 228 valence electrons. The molecule has 2 atom stereocenters. The van der Waals surface area contributed by atoms with Gasteiger partial charge in [-0.2, -0.15) is 0 Å². The van der Waals surface area contributed by atoms with Crippen molar-refractivity contribution in [3.8, 4) is 22.9 Å². The van der Waals surface area contributed by atoms with Crippen LogP contribution in [0.25, 0.3) is 11.3 Å². The number of ether oxygens (including phenoxy) is 2. The Balaban J connectivity index is 1.17. The lowest BCUT2D eigenvalue weighted by molar-refractivity contribution is -0.142. The van der Waals surface area contributed by atoms with Crippen molar-refractivity contribution < 1.29 is 19.4 Å². The molecule has 5 heterocycles. The third kappa shape index (κ3) is 7.56. The maximum absolute atomic E-state index is 11.7. The summed E-state index contributed by atoms with van der Waals surface area (Å²) in [5.41, 5.74) is 2.53. The Bertz CT molecular complexity index is 1420. The van der Waals surface area contributed by atoms with Gasteiger partial charge in [0.25, 0.3) is 0 Å². The maximum Gasteiger partial charge on any atom is 0.305 e. The number of rotatable bonds is 8. The zero-order valence-electron chi connectivity index (χ0n) is 24.2. The molecule has 0 radical (unpaired) electrons. The van der Waals surface area contributed by atoms with E-state index in [1.54, 1.807) is 18.5 Å². The number of aliphatic hydroxyl groups excluding tert-OH is 1. The molecule has 3 aliphatic heterocycles. The van der Waals surface area contributed by atoms with Crippen molar-refractivity contribution >= 4 is 35.1 Å². The largest absolute Gasteiger partial charge is 0.469 e. The van der Waals surface area contributed by atoms with Gasteiger partial charge in [0, 0.05) is 66.9 Å². The molecular weight excluding hydrogens is 591 g/mol. The second-order valence-corrected chi connectivity index (χ2v) is 12.5. The van der Waals surface area contributed by atoms with Crippen LogP contribution in [0.5, 0.6) is 11.6 Å². The van der Waals surface area contributed by atoms with Crippen LogP contribution in [0.2, 0.25) is 10.0 Å². The molecular formula is C31H36Cl2N6O4. The van der Waals surface area contributed by atoms with Gasteiger partial charge in [0.1, 0.15) is 0 Å². The molecule has 0 unspecified atom stereocenters. The molecule has 10 nitrogen and oxygen atoms in total. The zero-order valence-corrected chi connectivity index (χ0v) is 25.7. The van der Waals surface area contributed by atoms with E-state index in [4.69, 9.17) is 37.7 Å². The molecule has 3 fully saturated rings. The van der Waals surface area contributed by atoms with Crippen LogP contribution in [0, 0.1) is 5.92 Å².